The van der Waals surface area contributed by atoms with Crippen LogP contribution in [0.15, 0.2) is 30.3 Å². The molecule has 1 aromatic rings. The molecule has 1 N–H and O–H groups in total. The van der Waals surface area contributed by atoms with Gasteiger partial charge in [0.15, 0.2) is 0 Å². The van der Waals surface area contributed by atoms with Crippen molar-refractivity contribution in [3.05, 3.63) is 30.3 Å². The second-order valence-corrected chi connectivity index (χ2v) is 5.22. The molecule has 0 aliphatic carbocycles. The molecule has 1 aliphatic heterocycles. The minimum Gasteiger partial charge on any atom is -0.303 e. The van der Waals surface area contributed by atoms with E-state index in [0.717, 1.165) is 19.3 Å². The van der Waals surface area contributed by atoms with Gasteiger partial charge in [0.1, 0.15) is 0 Å². The van der Waals surface area contributed by atoms with E-state index in [0.29, 0.717) is 11.7 Å². The Morgan fingerprint density at radius 1 is 1.25 bits per heavy atom. The first kappa shape index (κ1) is 14.7. The van der Waals surface area contributed by atoms with Crippen LogP contribution < -0.4 is 10.2 Å². The number of imide groups is 1. The molecule has 1 saturated heterocycles. The largest absolute Gasteiger partial charge is 0.303 e. The lowest BCUT2D eigenvalue weighted by Gasteiger charge is -2.20. The van der Waals surface area contributed by atoms with E-state index in [1.807, 2.05) is 18.2 Å². The van der Waals surface area contributed by atoms with E-state index >= 15 is 0 Å². The summed E-state index contributed by atoms with van der Waals surface area (Å²) in [6.45, 7) is 4.23. The second-order valence-electron chi connectivity index (χ2n) is 5.22. The van der Waals surface area contributed by atoms with E-state index in [1.165, 1.54) is 4.90 Å². The fraction of sp³-hybridized carbons (Fsp3) is 0.500. The highest BCUT2D eigenvalue weighted by atomic mass is 16.2. The van der Waals surface area contributed by atoms with Gasteiger partial charge in [0, 0.05) is 6.04 Å². The predicted octanol–water partition coefficient (Wildman–Crippen LogP) is 2.49. The molecule has 1 fully saturated rings. The van der Waals surface area contributed by atoms with Gasteiger partial charge in [-0.2, -0.15) is 0 Å². The van der Waals surface area contributed by atoms with Crippen molar-refractivity contribution in [2.75, 3.05) is 4.90 Å². The molecule has 2 unspecified atom stereocenters. The smallest absolute Gasteiger partial charge is 0.251 e. The Kier molecular flexibility index (Phi) is 4.90. The molecule has 108 valence electrons. The first-order chi connectivity index (χ1) is 9.67. The number of hydrogen-bond acceptors (Lipinski definition) is 3. The van der Waals surface area contributed by atoms with E-state index in [9.17, 15) is 9.59 Å². The summed E-state index contributed by atoms with van der Waals surface area (Å²) in [6, 6.07) is 9.06. The van der Waals surface area contributed by atoms with Gasteiger partial charge in [-0.1, -0.05) is 38.5 Å². The lowest BCUT2D eigenvalue weighted by molar-refractivity contribution is -0.121. The van der Waals surface area contributed by atoms with Crippen LogP contribution in [-0.2, 0) is 9.59 Å². The number of hydrogen-bond donors (Lipinski definition) is 1. The molecular weight excluding hydrogens is 252 g/mol. The Morgan fingerprint density at radius 3 is 2.55 bits per heavy atom. The van der Waals surface area contributed by atoms with Crippen molar-refractivity contribution in [3.63, 3.8) is 0 Å². The fourth-order valence-corrected chi connectivity index (χ4v) is 2.65. The number of rotatable bonds is 6. The Balaban J connectivity index is 2.09. The van der Waals surface area contributed by atoms with E-state index in [1.54, 1.807) is 12.1 Å². The van der Waals surface area contributed by atoms with Crippen molar-refractivity contribution in [1.29, 1.82) is 0 Å². The Morgan fingerprint density at radius 2 is 1.95 bits per heavy atom. The highest BCUT2D eigenvalue weighted by Gasteiger charge is 2.39. The minimum atomic E-state index is -0.376. The van der Waals surface area contributed by atoms with Gasteiger partial charge in [-0.15, -0.1) is 0 Å². The standard InChI is InChI=1S/C16H22N2O2/c1-3-8-12(4-2)17-14-11-15(19)18(16(14)20)13-9-6-5-7-10-13/h5-7,9-10,12,14,17H,3-4,8,11H2,1-2H3. The highest BCUT2D eigenvalue weighted by molar-refractivity contribution is 6.22. The maximum absolute atomic E-state index is 12.4. The van der Waals surface area contributed by atoms with Crippen molar-refractivity contribution >= 4 is 17.5 Å². The van der Waals surface area contributed by atoms with Crippen LogP contribution >= 0.6 is 0 Å². The van der Waals surface area contributed by atoms with Crippen LogP contribution in [0.2, 0.25) is 0 Å². The molecule has 1 aliphatic rings. The first-order valence-corrected chi connectivity index (χ1v) is 7.35. The summed E-state index contributed by atoms with van der Waals surface area (Å²) in [5.74, 6) is -0.249. The maximum atomic E-state index is 12.4. The summed E-state index contributed by atoms with van der Waals surface area (Å²) in [5, 5.41) is 3.33. The van der Waals surface area contributed by atoms with Gasteiger partial charge in [0.05, 0.1) is 18.2 Å². The molecule has 1 heterocycles. The van der Waals surface area contributed by atoms with Crippen LogP contribution in [0.1, 0.15) is 39.5 Å². The quantitative estimate of drug-likeness (QED) is 0.811. The number of carbonyl (C=O) groups excluding carboxylic acids is 2. The number of nitrogens with one attached hydrogen (secondary N) is 1. The van der Waals surface area contributed by atoms with Gasteiger partial charge in [0.25, 0.3) is 5.91 Å². The SMILES string of the molecule is CCCC(CC)NC1CC(=O)N(c2ccccc2)C1=O. The molecule has 4 nitrogen and oxygen atoms in total. The number of anilines is 1. The topological polar surface area (TPSA) is 49.4 Å². The molecule has 2 rings (SSSR count). The van der Waals surface area contributed by atoms with E-state index in [2.05, 4.69) is 19.2 Å². The summed E-state index contributed by atoms with van der Waals surface area (Å²) < 4.78 is 0. The lowest BCUT2D eigenvalue weighted by atomic mass is 10.1. The van der Waals surface area contributed by atoms with E-state index < -0.39 is 0 Å². The van der Waals surface area contributed by atoms with Gasteiger partial charge in [-0.3, -0.25) is 9.59 Å². The van der Waals surface area contributed by atoms with Crippen molar-refractivity contribution in [2.24, 2.45) is 0 Å². The summed E-state index contributed by atoms with van der Waals surface area (Å²) in [4.78, 5) is 25.8. The number of benzene rings is 1. The molecule has 0 bridgehead atoms. The van der Waals surface area contributed by atoms with Gasteiger partial charge in [-0.25, -0.2) is 4.90 Å². The second kappa shape index (κ2) is 6.66. The van der Waals surface area contributed by atoms with Crippen LogP contribution in [0.4, 0.5) is 5.69 Å². The molecule has 0 aromatic heterocycles. The average molecular weight is 274 g/mol. The lowest BCUT2D eigenvalue weighted by Crippen LogP contribution is -2.43. The van der Waals surface area contributed by atoms with Crippen LogP contribution in [0.3, 0.4) is 0 Å². The fourth-order valence-electron chi connectivity index (χ4n) is 2.65. The molecule has 0 spiro atoms. The summed E-state index contributed by atoms with van der Waals surface area (Å²) >= 11 is 0. The first-order valence-electron chi connectivity index (χ1n) is 7.35. The zero-order valence-electron chi connectivity index (χ0n) is 12.1. The van der Waals surface area contributed by atoms with Crippen LogP contribution in [0.25, 0.3) is 0 Å². The average Bonchev–Trinajstić information content (AvgIpc) is 2.74. The van der Waals surface area contributed by atoms with Crippen molar-refractivity contribution < 1.29 is 9.59 Å². The highest BCUT2D eigenvalue weighted by Crippen LogP contribution is 2.23. The number of carbonyl (C=O) groups is 2. The van der Waals surface area contributed by atoms with Crippen LogP contribution in [0.5, 0.6) is 0 Å². The maximum Gasteiger partial charge on any atom is 0.251 e. The molecule has 4 heteroatoms. The van der Waals surface area contributed by atoms with Gasteiger partial charge in [0.2, 0.25) is 5.91 Å². The molecule has 2 atom stereocenters. The molecule has 1 aromatic carbocycles. The van der Waals surface area contributed by atoms with Crippen molar-refractivity contribution in [2.45, 2.75) is 51.6 Å². The zero-order valence-corrected chi connectivity index (χ0v) is 12.1. The molecule has 0 saturated carbocycles. The molecular formula is C16H22N2O2. The molecule has 0 radical (unpaired) electrons. The third kappa shape index (κ3) is 3.07. The number of para-hydroxylation sites is 1. The summed E-state index contributed by atoms with van der Waals surface area (Å²) in [5.41, 5.74) is 0.662. The Bertz CT molecular complexity index is 473. The van der Waals surface area contributed by atoms with Crippen molar-refractivity contribution in [3.8, 4) is 0 Å². The van der Waals surface area contributed by atoms with Crippen LogP contribution in [-0.4, -0.2) is 23.9 Å². The third-order valence-corrected chi connectivity index (χ3v) is 3.73. The van der Waals surface area contributed by atoms with E-state index in [-0.39, 0.29) is 24.3 Å². The van der Waals surface area contributed by atoms with Gasteiger partial charge in [-0.05, 0) is 25.0 Å². The molecule has 20 heavy (non-hydrogen) atoms. The van der Waals surface area contributed by atoms with Gasteiger partial charge >= 0.3 is 0 Å². The Hall–Kier alpha value is -1.68. The summed E-state index contributed by atoms with van der Waals surface area (Å²) in [6.07, 6.45) is 3.33. The van der Waals surface area contributed by atoms with Gasteiger partial charge < -0.3 is 5.32 Å². The van der Waals surface area contributed by atoms with Crippen molar-refractivity contribution in [1.82, 2.24) is 5.32 Å². The number of amides is 2. The zero-order chi connectivity index (χ0) is 14.5. The number of nitrogens with zero attached hydrogens (tertiary/aromatic N) is 1. The monoisotopic (exact) mass is 274 g/mol. The predicted molar refractivity (Wildman–Crippen MR) is 79.5 cm³/mol. The third-order valence-electron chi connectivity index (χ3n) is 3.73. The Labute approximate surface area is 120 Å². The molecule has 2 amide bonds. The van der Waals surface area contributed by atoms with E-state index in [4.69, 9.17) is 0 Å². The normalized spacial score (nSPS) is 20.5. The van der Waals surface area contributed by atoms with Crippen LogP contribution in [0, 0.1) is 0 Å². The minimum absolute atomic E-state index is 0.120. The summed E-state index contributed by atoms with van der Waals surface area (Å²) in [7, 11) is 0.